The maximum Gasteiger partial charge on any atom is 0.257 e. The van der Waals surface area contributed by atoms with E-state index in [0.29, 0.717) is 0 Å². The van der Waals surface area contributed by atoms with Gasteiger partial charge in [0, 0.05) is 12.6 Å². The van der Waals surface area contributed by atoms with Crippen molar-refractivity contribution in [2.75, 3.05) is 6.54 Å². The molecule has 0 radical (unpaired) electrons. The van der Waals surface area contributed by atoms with E-state index in [1.54, 1.807) is 13.8 Å². The van der Waals surface area contributed by atoms with E-state index < -0.39 is 11.7 Å². The molecule has 1 N–H and O–H groups in total. The molecule has 0 heterocycles. The fourth-order valence-electron chi connectivity index (χ4n) is 1.60. The van der Waals surface area contributed by atoms with E-state index in [4.69, 9.17) is 5.26 Å². The Bertz CT molecular complexity index is 480. The number of phenolic OH excluding ortho intramolecular Hbond substituents is 1. The summed E-state index contributed by atoms with van der Waals surface area (Å²) in [6.07, 6.45) is 0.194. The number of carbonyl (C=O) groups is 1. The minimum absolute atomic E-state index is 0.0818. The van der Waals surface area contributed by atoms with Crippen LogP contribution in [0.15, 0.2) is 18.2 Å². The van der Waals surface area contributed by atoms with Crippen molar-refractivity contribution in [2.24, 2.45) is 0 Å². The molecule has 0 spiro atoms. The van der Waals surface area contributed by atoms with Crippen LogP contribution < -0.4 is 0 Å². The Morgan fingerprint density at radius 3 is 2.78 bits per heavy atom. The van der Waals surface area contributed by atoms with Gasteiger partial charge in [0.15, 0.2) is 0 Å². The summed E-state index contributed by atoms with van der Waals surface area (Å²) >= 11 is 0. The predicted octanol–water partition coefficient (Wildman–Crippen LogP) is 2.30. The summed E-state index contributed by atoms with van der Waals surface area (Å²) in [4.78, 5) is 13.6. The molecule has 96 valence electrons. The molecule has 1 rings (SSSR count). The van der Waals surface area contributed by atoms with Gasteiger partial charge in [-0.2, -0.15) is 5.26 Å². The lowest BCUT2D eigenvalue weighted by Crippen LogP contribution is -2.37. The van der Waals surface area contributed by atoms with E-state index in [1.807, 2.05) is 6.07 Å². The lowest BCUT2D eigenvalue weighted by atomic mass is 10.1. The number of nitrogens with zero attached hydrogens (tertiary/aromatic N) is 2. The van der Waals surface area contributed by atoms with Crippen LogP contribution in [0.1, 0.15) is 30.6 Å². The van der Waals surface area contributed by atoms with Crippen molar-refractivity contribution in [3.63, 3.8) is 0 Å². The van der Waals surface area contributed by atoms with Crippen molar-refractivity contribution in [3.8, 4) is 11.8 Å². The molecule has 5 heteroatoms. The standard InChI is InChI=1S/C13H15FN2O2/c1-9(2)16(7-3-6-15)13(18)11-8-10(14)4-5-12(11)17/h4-5,8-9,17H,3,7H2,1-2H3. The molecule has 0 aliphatic carbocycles. The Balaban J connectivity index is 3.02. The molecule has 1 aromatic carbocycles. The first-order chi connectivity index (χ1) is 8.47. The number of rotatable bonds is 4. The Kier molecular flexibility index (Phi) is 4.67. The highest BCUT2D eigenvalue weighted by Crippen LogP contribution is 2.20. The molecule has 0 aromatic heterocycles. The van der Waals surface area contributed by atoms with Gasteiger partial charge in [-0.15, -0.1) is 0 Å². The lowest BCUT2D eigenvalue weighted by Gasteiger charge is -2.26. The van der Waals surface area contributed by atoms with E-state index in [-0.39, 0.29) is 30.3 Å². The van der Waals surface area contributed by atoms with Gasteiger partial charge in [0.2, 0.25) is 0 Å². The molecule has 0 saturated heterocycles. The van der Waals surface area contributed by atoms with E-state index >= 15 is 0 Å². The molecule has 1 amide bonds. The van der Waals surface area contributed by atoms with Gasteiger partial charge in [0.25, 0.3) is 5.91 Å². The van der Waals surface area contributed by atoms with E-state index in [9.17, 15) is 14.3 Å². The Labute approximate surface area is 105 Å². The monoisotopic (exact) mass is 250 g/mol. The molecule has 0 saturated carbocycles. The maximum atomic E-state index is 13.1. The Morgan fingerprint density at radius 1 is 1.56 bits per heavy atom. The third-order valence-electron chi connectivity index (χ3n) is 2.54. The smallest absolute Gasteiger partial charge is 0.257 e. The van der Waals surface area contributed by atoms with Gasteiger partial charge in [-0.1, -0.05) is 0 Å². The van der Waals surface area contributed by atoms with Crippen molar-refractivity contribution in [3.05, 3.63) is 29.6 Å². The number of aromatic hydroxyl groups is 1. The van der Waals surface area contributed by atoms with E-state index in [0.717, 1.165) is 18.2 Å². The number of phenols is 1. The van der Waals surface area contributed by atoms with Gasteiger partial charge < -0.3 is 10.0 Å². The van der Waals surface area contributed by atoms with Crippen LogP contribution in [-0.2, 0) is 0 Å². The average molecular weight is 250 g/mol. The third-order valence-corrected chi connectivity index (χ3v) is 2.54. The number of hydrogen-bond acceptors (Lipinski definition) is 3. The second kappa shape index (κ2) is 6.01. The highest BCUT2D eigenvalue weighted by atomic mass is 19.1. The van der Waals surface area contributed by atoms with Gasteiger partial charge in [-0.3, -0.25) is 4.79 Å². The fourth-order valence-corrected chi connectivity index (χ4v) is 1.60. The summed E-state index contributed by atoms with van der Waals surface area (Å²) in [5, 5.41) is 18.1. The van der Waals surface area contributed by atoms with Crippen LogP contribution in [0.5, 0.6) is 5.75 Å². The first-order valence-corrected chi connectivity index (χ1v) is 5.63. The van der Waals surface area contributed by atoms with Gasteiger partial charge >= 0.3 is 0 Å². The van der Waals surface area contributed by atoms with Crippen LogP contribution in [0.3, 0.4) is 0 Å². The first kappa shape index (κ1) is 14.0. The normalized spacial score (nSPS) is 10.2. The number of carbonyl (C=O) groups excluding carboxylic acids is 1. The second-order valence-electron chi connectivity index (χ2n) is 4.16. The summed E-state index contributed by atoms with van der Waals surface area (Å²) in [5.41, 5.74) is -0.0818. The quantitative estimate of drug-likeness (QED) is 0.891. The molecular weight excluding hydrogens is 235 g/mol. The summed E-state index contributed by atoms with van der Waals surface area (Å²) in [6, 6.07) is 5.05. The molecule has 0 atom stereocenters. The molecule has 0 fully saturated rings. The molecule has 0 aliphatic heterocycles. The van der Waals surface area contributed by atoms with Gasteiger partial charge in [0.05, 0.1) is 18.1 Å². The summed E-state index contributed by atoms with van der Waals surface area (Å²) < 4.78 is 13.1. The molecule has 18 heavy (non-hydrogen) atoms. The third kappa shape index (κ3) is 3.20. The van der Waals surface area contributed by atoms with Gasteiger partial charge in [-0.05, 0) is 32.0 Å². The Hall–Kier alpha value is -2.09. The number of hydrogen-bond donors (Lipinski definition) is 1. The van der Waals surface area contributed by atoms with Crippen LogP contribution in [0.2, 0.25) is 0 Å². The van der Waals surface area contributed by atoms with Crippen LogP contribution in [0.4, 0.5) is 4.39 Å². The largest absolute Gasteiger partial charge is 0.507 e. The van der Waals surface area contributed by atoms with Crippen molar-refractivity contribution in [1.82, 2.24) is 4.90 Å². The minimum Gasteiger partial charge on any atom is -0.507 e. The average Bonchev–Trinajstić information content (AvgIpc) is 2.32. The summed E-state index contributed by atoms with van der Waals surface area (Å²) in [5.74, 6) is -1.32. The molecule has 0 aliphatic rings. The zero-order valence-corrected chi connectivity index (χ0v) is 10.4. The molecular formula is C13H15FN2O2. The number of benzene rings is 1. The minimum atomic E-state index is -0.583. The molecule has 1 aromatic rings. The van der Waals surface area contributed by atoms with Crippen LogP contribution >= 0.6 is 0 Å². The summed E-state index contributed by atoms with van der Waals surface area (Å²) in [6.45, 7) is 3.85. The topological polar surface area (TPSA) is 64.3 Å². The zero-order valence-electron chi connectivity index (χ0n) is 10.4. The SMILES string of the molecule is CC(C)N(CCC#N)C(=O)c1cc(F)ccc1O. The van der Waals surface area contributed by atoms with E-state index in [1.165, 1.54) is 4.90 Å². The molecule has 0 unspecified atom stereocenters. The number of halogens is 1. The second-order valence-corrected chi connectivity index (χ2v) is 4.16. The van der Waals surface area contributed by atoms with E-state index in [2.05, 4.69) is 0 Å². The van der Waals surface area contributed by atoms with Gasteiger partial charge in [0.1, 0.15) is 11.6 Å². The fraction of sp³-hybridized carbons (Fsp3) is 0.385. The highest BCUT2D eigenvalue weighted by molar-refractivity contribution is 5.97. The Morgan fingerprint density at radius 2 is 2.22 bits per heavy atom. The van der Waals surface area contributed by atoms with Crippen molar-refractivity contribution >= 4 is 5.91 Å². The summed E-state index contributed by atoms with van der Waals surface area (Å²) in [7, 11) is 0. The number of nitriles is 1. The van der Waals surface area contributed by atoms with Crippen LogP contribution in [0, 0.1) is 17.1 Å². The van der Waals surface area contributed by atoms with Crippen molar-refractivity contribution < 1.29 is 14.3 Å². The van der Waals surface area contributed by atoms with Gasteiger partial charge in [-0.25, -0.2) is 4.39 Å². The highest BCUT2D eigenvalue weighted by Gasteiger charge is 2.21. The van der Waals surface area contributed by atoms with Crippen LogP contribution in [-0.4, -0.2) is 28.5 Å². The first-order valence-electron chi connectivity index (χ1n) is 5.63. The van der Waals surface area contributed by atoms with Crippen LogP contribution in [0.25, 0.3) is 0 Å². The van der Waals surface area contributed by atoms with Crippen molar-refractivity contribution in [2.45, 2.75) is 26.3 Å². The zero-order chi connectivity index (χ0) is 13.7. The molecule has 0 bridgehead atoms. The maximum absolute atomic E-state index is 13.1. The lowest BCUT2D eigenvalue weighted by molar-refractivity contribution is 0.0706. The molecule has 4 nitrogen and oxygen atoms in total. The van der Waals surface area contributed by atoms with Crippen molar-refractivity contribution in [1.29, 1.82) is 5.26 Å². The number of amides is 1. The predicted molar refractivity (Wildman–Crippen MR) is 64.5 cm³/mol.